The van der Waals surface area contributed by atoms with E-state index in [9.17, 15) is 4.79 Å². The molecule has 0 spiro atoms. The fourth-order valence-corrected chi connectivity index (χ4v) is 2.43. The van der Waals surface area contributed by atoms with E-state index < -0.39 is 0 Å². The van der Waals surface area contributed by atoms with E-state index in [4.69, 9.17) is 10.5 Å². The van der Waals surface area contributed by atoms with Gasteiger partial charge in [0.2, 0.25) is 0 Å². The lowest BCUT2D eigenvalue weighted by Crippen LogP contribution is -2.26. The van der Waals surface area contributed by atoms with Crippen LogP contribution in [0.15, 0.2) is 46.9 Å². The van der Waals surface area contributed by atoms with Gasteiger partial charge in [-0.2, -0.15) is 0 Å². The number of benzene rings is 2. The summed E-state index contributed by atoms with van der Waals surface area (Å²) >= 11 is 3.42. The number of amides is 1. The first-order chi connectivity index (χ1) is 10.0. The number of hydrogen-bond donors (Lipinski definition) is 2. The summed E-state index contributed by atoms with van der Waals surface area (Å²) in [4.78, 5) is 12.2. The van der Waals surface area contributed by atoms with E-state index >= 15 is 0 Å². The van der Waals surface area contributed by atoms with Gasteiger partial charge in [-0.05, 0) is 42.8 Å². The van der Waals surface area contributed by atoms with Crippen LogP contribution in [0.25, 0.3) is 0 Å². The molecule has 0 radical (unpaired) electrons. The van der Waals surface area contributed by atoms with Crippen LogP contribution in [-0.2, 0) is 0 Å². The van der Waals surface area contributed by atoms with E-state index in [0.29, 0.717) is 17.0 Å². The van der Waals surface area contributed by atoms with Crippen LogP contribution < -0.4 is 15.8 Å². The largest absolute Gasteiger partial charge is 0.495 e. The molecule has 0 aliphatic heterocycles. The Kier molecular flexibility index (Phi) is 4.85. The molecule has 5 heteroatoms. The molecule has 0 aliphatic carbocycles. The minimum absolute atomic E-state index is 0.0988. The fraction of sp³-hybridized carbons (Fsp3) is 0.188. The number of halogens is 1. The SMILES string of the molecule is COc1ccc(C(=O)NC(C)c2cccc(Br)c2)cc1N. The number of rotatable bonds is 4. The number of anilines is 1. The van der Waals surface area contributed by atoms with Gasteiger partial charge < -0.3 is 15.8 Å². The third-order valence-electron chi connectivity index (χ3n) is 3.19. The molecule has 2 rings (SSSR count). The quantitative estimate of drug-likeness (QED) is 0.830. The first kappa shape index (κ1) is 15.4. The van der Waals surface area contributed by atoms with Gasteiger partial charge in [0.15, 0.2) is 0 Å². The van der Waals surface area contributed by atoms with Crippen LogP contribution in [0.2, 0.25) is 0 Å². The Hall–Kier alpha value is -2.01. The number of carbonyl (C=O) groups is 1. The summed E-state index contributed by atoms with van der Waals surface area (Å²) in [5.74, 6) is 0.392. The van der Waals surface area contributed by atoms with E-state index in [1.165, 1.54) is 0 Å². The van der Waals surface area contributed by atoms with E-state index in [1.54, 1.807) is 25.3 Å². The van der Waals surface area contributed by atoms with Crippen molar-refractivity contribution >= 4 is 27.5 Å². The van der Waals surface area contributed by atoms with Crippen molar-refractivity contribution in [2.45, 2.75) is 13.0 Å². The molecule has 0 saturated heterocycles. The Labute approximate surface area is 132 Å². The van der Waals surface area contributed by atoms with Gasteiger partial charge in [-0.3, -0.25) is 4.79 Å². The number of hydrogen-bond acceptors (Lipinski definition) is 3. The zero-order chi connectivity index (χ0) is 15.4. The number of nitrogens with two attached hydrogens (primary N) is 1. The van der Waals surface area contributed by atoms with E-state index in [-0.39, 0.29) is 11.9 Å². The lowest BCUT2D eigenvalue weighted by atomic mass is 10.1. The maximum Gasteiger partial charge on any atom is 0.251 e. The minimum atomic E-state index is -0.170. The molecule has 0 aliphatic rings. The van der Waals surface area contributed by atoms with Crippen LogP contribution >= 0.6 is 15.9 Å². The van der Waals surface area contributed by atoms with Crippen molar-refractivity contribution < 1.29 is 9.53 Å². The van der Waals surface area contributed by atoms with Crippen LogP contribution in [0.1, 0.15) is 28.9 Å². The molecule has 1 amide bonds. The topological polar surface area (TPSA) is 64.3 Å². The van der Waals surface area contributed by atoms with Crippen molar-refractivity contribution in [2.24, 2.45) is 0 Å². The predicted octanol–water partition coefficient (Wildman–Crippen LogP) is 3.53. The Morgan fingerprint density at radius 2 is 2.05 bits per heavy atom. The summed E-state index contributed by atoms with van der Waals surface area (Å²) < 4.78 is 6.06. The highest BCUT2D eigenvalue weighted by molar-refractivity contribution is 9.10. The molecule has 0 fully saturated rings. The normalized spacial score (nSPS) is 11.8. The lowest BCUT2D eigenvalue weighted by molar-refractivity contribution is 0.0940. The Balaban J connectivity index is 2.12. The van der Waals surface area contributed by atoms with Crippen molar-refractivity contribution in [3.05, 3.63) is 58.1 Å². The fourth-order valence-electron chi connectivity index (χ4n) is 2.01. The minimum Gasteiger partial charge on any atom is -0.495 e. The van der Waals surface area contributed by atoms with Crippen molar-refractivity contribution in [2.75, 3.05) is 12.8 Å². The molecule has 0 bridgehead atoms. The van der Waals surface area contributed by atoms with Crippen molar-refractivity contribution in [1.29, 1.82) is 0 Å². The van der Waals surface area contributed by atoms with Gasteiger partial charge >= 0.3 is 0 Å². The first-order valence-electron chi connectivity index (χ1n) is 6.51. The first-order valence-corrected chi connectivity index (χ1v) is 7.30. The van der Waals surface area contributed by atoms with Crippen LogP contribution in [0.3, 0.4) is 0 Å². The highest BCUT2D eigenvalue weighted by atomic mass is 79.9. The molecule has 2 aromatic carbocycles. The zero-order valence-corrected chi connectivity index (χ0v) is 13.5. The van der Waals surface area contributed by atoms with Crippen LogP contribution in [0.5, 0.6) is 5.75 Å². The number of nitrogen functional groups attached to an aromatic ring is 1. The van der Waals surface area contributed by atoms with E-state index in [2.05, 4.69) is 21.2 Å². The summed E-state index contributed by atoms with van der Waals surface area (Å²) in [5.41, 5.74) is 7.80. The summed E-state index contributed by atoms with van der Waals surface area (Å²) in [6, 6.07) is 12.7. The maximum atomic E-state index is 12.2. The second-order valence-electron chi connectivity index (χ2n) is 4.71. The van der Waals surface area contributed by atoms with Crippen molar-refractivity contribution in [3.63, 3.8) is 0 Å². The third kappa shape index (κ3) is 3.76. The Morgan fingerprint density at radius 1 is 1.29 bits per heavy atom. The number of nitrogens with one attached hydrogen (secondary N) is 1. The van der Waals surface area contributed by atoms with Gasteiger partial charge in [0.05, 0.1) is 18.8 Å². The maximum absolute atomic E-state index is 12.2. The molecule has 0 aromatic heterocycles. The zero-order valence-electron chi connectivity index (χ0n) is 11.9. The van der Waals surface area contributed by atoms with Gasteiger partial charge in [-0.1, -0.05) is 28.1 Å². The molecule has 4 nitrogen and oxygen atoms in total. The number of methoxy groups -OCH3 is 1. The molecule has 1 atom stereocenters. The number of carbonyl (C=O) groups excluding carboxylic acids is 1. The van der Waals surface area contributed by atoms with E-state index in [1.807, 2.05) is 31.2 Å². The smallest absolute Gasteiger partial charge is 0.251 e. The third-order valence-corrected chi connectivity index (χ3v) is 3.68. The number of ether oxygens (including phenoxy) is 1. The molecule has 0 heterocycles. The molecule has 21 heavy (non-hydrogen) atoms. The predicted molar refractivity (Wildman–Crippen MR) is 87.4 cm³/mol. The highest BCUT2D eigenvalue weighted by Crippen LogP contribution is 2.23. The van der Waals surface area contributed by atoms with Crippen molar-refractivity contribution in [3.8, 4) is 5.75 Å². The molecular formula is C16H17BrN2O2. The van der Waals surface area contributed by atoms with Gasteiger partial charge in [0.25, 0.3) is 5.91 Å². The summed E-state index contributed by atoms with van der Waals surface area (Å²) in [6.45, 7) is 1.94. The lowest BCUT2D eigenvalue weighted by Gasteiger charge is -2.15. The van der Waals surface area contributed by atoms with E-state index in [0.717, 1.165) is 10.0 Å². The summed E-state index contributed by atoms with van der Waals surface area (Å²) in [6.07, 6.45) is 0. The molecule has 2 aromatic rings. The molecule has 110 valence electrons. The second-order valence-corrected chi connectivity index (χ2v) is 5.62. The van der Waals surface area contributed by atoms with Crippen LogP contribution in [-0.4, -0.2) is 13.0 Å². The summed E-state index contributed by atoms with van der Waals surface area (Å²) in [5, 5.41) is 2.95. The van der Waals surface area contributed by atoms with Gasteiger partial charge in [0, 0.05) is 10.0 Å². The Morgan fingerprint density at radius 3 is 2.67 bits per heavy atom. The average Bonchev–Trinajstić information content (AvgIpc) is 2.47. The molecule has 1 unspecified atom stereocenters. The van der Waals surface area contributed by atoms with Gasteiger partial charge in [-0.15, -0.1) is 0 Å². The standard InChI is InChI=1S/C16H17BrN2O2/c1-10(11-4-3-5-13(17)8-11)19-16(20)12-6-7-15(21-2)14(18)9-12/h3-10H,18H2,1-2H3,(H,19,20). The highest BCUT2D eigenvalue weighted by Gasteiger charge is 2.13. The monoisotopic (exact) mass is 348 g/mol. The molecular weight excluding hydrogens is 332 g/mol. The second kappa shape index (κ2) is 6.63. The Bertz CT molecular complexity index is 658. The van der Waals surface area contributed by atoms with Crippen LogP contribution in [0.4, 0.5) is 5.69 Å². The van der Waals surface area contributed by atoms with Gasteiger partial charge in [-0.25, -0.2) is 0 Å². The molecule has 3 N–H and O–H groups in total. The molecule has 0 saturated carbocycles. The average molecular weight is 349 g/mol. The van der Waals surface area contributed by atoms with Gasteiger partial charge in [0.1, 0.15) is 5.75 Å². The van der Waals surface area contributed by atoms with Crippen molar-refractivity contribution in [1.82, 2.24) is 5.32 Å². The summed E-state index contributed by atoms with van der Waals surface area (Å²) in [7, 11) is 1.54. The van der Waals surface area contributed by atoms with Crippen LogP contribution in [0, 0.1) is 0 Å².